The Labute approximate surface area is 131 Å². The lowest BCUT2D eigenvalue weighted by molar-refractivity contribution is 0.459. The van der Waals surface area contributed by atoms with E-state index < -0.39 is 0 Å². The van der Waals surface area contributed by atoms with Crippen LogP contribution in [0, 0.1) is 0 Å². The van der Waals surface area contributed by atoms with Crippen LogP contribution >= 0.6 is 11.6 Å². The topological polar surface area (TPSA) is 34.1 Å². The van der Waals surface area contributed by atoms with Crippen molar-refractivity contribution in [2.45, 2.75) is 33.2 Å². The maximum Gasteiger partial charge on any atom is 0.219 e. The van der Waals surface area contributed by atoms with Gasteiger partial charge in [-0.1, -0.05) is 31.9 Å². The molecule has 21 heavy (non-hydrogen) atoms. The zero-order valence-corrected chi connectivity index (χ0v) is 13.3. The minimum atomic E-state index is 0.635. The van der Waals surface area contributed by atoms with Gasteiger partial charge in [-0.2, -0.15) is 0 Å². The monoisotopic (exact) mass is 304 g/mol. The van der Waals surface area contributed by atoms with Crippen LogP contribution in [0.3, 0.4) is 0 Å². The first-order chi connectivity index (χ1) is 10.2. The summed E-state index contributed by atoms with van der Waals surface area (Å²) < 4.78 is 5.84. The van der Waals surface area contributed by atoms with E-state index in [1.165, 1.54) is 5.56 Å². The van der Waals surface area contributed by atoms with E-state index in [2.05, 4.69) is 30.2 Å². The molecule has 2 aromatic rings. The van der Waals surface area contributed by atoms with Crippen molar-refractivity contribution in [2.24, 2.45) is 0 Å². The number of benzene rings is 1. The maximum absolute atomic E-state index is 5.88. The molecule has 0 bridgehead atoms. The number of aryl methyl sites for hydroxylation is 1. The van der Waals surface area contributed by atoms with Gasteiger partial charge in [-0.15, -0.1) is 0 Å². The standard InChI is InChI=1S/C17H21ClN2O/c1-3-5-15-10-13(12-19-4-2)11-17(20-15)21-16-8-6-14(18)7-9-16/h6-11,19H,3-5,12H2,1-2H3. The van der Waals surface area contributed by atoms with Gasteiger partial charge in [0.1, 0.15) is 5.75 Å². The lowest BCUT2D eigenvalue weighted by atomic mass is 10.1. The van der Waals surface area contributed by atoms with Crippen LogP contribution in [-0.4, -0.2) is 11.5 Å². The minimum absolute atomic E-state index is 0.635. The molecule has 0 atom stereocenters. The molecule has 1 heterocycles. The van der Waals surface area contributed by atoms with E-state index in [0.717, 1.165) is 37.4 Å². The lowest BCUT2D eigenvalue weighted by Gasteiger charge is -2.10. The summed E-state index contributed by atoms with van der Waals surface area (Å²) in [4.78, 5) is 4.57. The van der Waals surface area contributed by atoms with Crippen LogP contribution < -0.4 is 10.1 Å². The van der Waals surface area contributed by atoms with Crippen LogP contribution in [0.4, 0.5) is 0 Å². The van der Waals surface area contributed by atoms with Gasteiger partial charge in [0, 0.05) is 23.3 Å². The molecule has 0 unspecified atom stereocenters. The van der Waals surface area contributed by atoms with Gasteiger partial charge in [0.05, 0.1) is 0 Å². The second kappa shape index (κ2) is 8.01. The van der Waals surface area contributed by atoms with Crippen molar-refractivity contribution in [3.05, 3.63) is 52.7 Å². The molecule has 0 aliphatic heterocycles. The van der Waals surface area contributed by atoms with Crippen molar-refractivity contribution in [2.75, 3.05) is 6.54 Å². The zero-order chi connectivity index (χ0) is 15.1. The van der Waals surface area contributed by atoms with Crippen LogP contribution in [-0.2, 0) is 13.0 Å². The predicted molar refractivity (Wildman–Crippen MR) is 87.1 cm³/mol. The Morgan fingerprint density at radius 1 is 1.14 bits per heavy atom. The molecule has 3 nitrogen and oxygen atoms in total. The molecule has 1 aromatic carbocycles. The molecule has 0 amide bonds. The van der Waals surface area contributed by atoms with E-state index in [9.17, 15) is 0 Å². The lowest BCUT2D eigenvalue weighted by Crippen LogP contribution is -2.12. The molecular weight excluding hydrogens is 284 g/mol. The Bertz CT molecular complexity index is 570. The third-order valence-corrected chi connectivity index (χ3v) is 3.29. The molecule has 1 N–H and O–H groups in total. The van der Waals surface area contributed by atoms with Gasteiger partial charge in [0.2, 0.25) is 5.88 Å². The fourth-order valence-electron chi connectivity index (χ4n) is 2.05. The summed E-state index contributed by atoms with van der Waals surface area (Å²) >= 11 is 5.88. The largest absolute Gasteiger partial charge is 0.439 e. The summed E-state index contributed by atoms with van der Waals surface area (Å²) in [5.41, 5.74) is 2.26. The average Bonchev–Trinajstić information content (AvgIpc) is 2.48. The van der Waals surface area contributed by atoms with Crippen LogP contribution in [0.1, 0.15) is 31.5 Å². The second-order valence-corrected chi connectivity index (χ2v) is 5.33. The summed E-state index contributed by atoms with van der Waals surface area (Å²) in [6.45, 7) is 6.02. The van der Waals surface area contributed by atoms with E-state index in [1.807, 2.05) is 30.3 Å². The van der Waals surface area contributed by atoms with Gasteiger partial charge in [-0.05, 0) is 48.9 Å². The molecule has 0 spiro atoms. The molecule has 2 rings (SSSR count). The number of halogens is 1. The number of aromatic nitrogens is 1. The number of nitrogens with zero attached hydrogens (tertiary/aromatic N) is 1. The first-order valence-corrected chi connectivity index (χ1v) is 7.73. The average molecular weight is 305 g/mol. The third-order valence-electron chi connectivity index (χ3n) is 3.04. The second-order valence-electron chi connectivity index (χ2n) is 4.89. The Kier molecular flexibility index (Phi) is 6.03. The van der Waals surface area contributed by atoms with Crippen molar-refractivity contribution in [1.82, 2.24) is 10.3 Å². The first-order valence-electron chi connectivity index (χ1n) is 7.35. The Morgan fingerprint density at radius 3 is 2.57 bits per heavy atom. The van der Waals surface area contributed by atoms with Crippen molar-refractivity contribution >= 4 is 11.6 Å². The summed E-state index contributed by atoms with van der Waals surface area (Å²) in [5, 5.41) is 4.03. The van der Waals surface area contributed by atoms with E-state index >= 15 is 0 Å². The first kappa shape index (κ1) is 15.8. The smallest absolute Gasteiger partial charge is 0.219 e. The third kappa shape index (κ3) is 5.03. The number of nitrogens with one attached hydrogen (secondary N) is 1. The predicted octanol–water partition coefficient (Wildman–Crippen LogP) is 4.59. The fourth-order valence-corrected chi connectivity index (χ4v) is 2.18. The highest BCUT2D eigenvalue weighted by Gasteiger charge is 2.05. The molecule has 0 saturated carbocycles. The van der Waals surface area contributed by atoms with E-state index in [4.69, 9.17) is 16.3 Å². The highest BCUT2D eigenvalue weighted by atomic mass is 35.5. The molecule has 0 aliphatic rings. The van der Waals surface area contributed by atoms with Crippen LogP contribution in [0.2, 0.25) is 5.02 Å². The highest BCUT2D eigenvalue weighted by molar-refractivity contribution is 6.30. The summed E-state index contributed by atoms with van der Waals surface area (Å²) in [7, 11) is 0. The van der Waals surface area contributed by atoms with E-state index in [-0.39, 0.29) is 0 Å². The number of pyridine rings is 1. The van der Waals surface area contributed by atoms with Gasteiger partial charge in [-0.3, -0.25) is 0 Å². The molecule has 0 fully saturated rings. The van der Waals surface area contributed by atoms with Crippen molar-refractivity contribution in [3.8, 4) is 11.6 Å². The fraction of sp³-hybridized carbons (Fsp3) is 0.353. The SMILES string of the molecule is CCCc1cc(CNCC)cc(Oc2ccc(Cl)cc2)n1. The Balaban J connectivity index is 2.19. The van der Waals surface area contributed by atoms with Gasteiger partial charge in [0.15, 0.2) is 0 Å². The Morgan fingerprint density at radius 2 is 1.90 bits per heavy atom. The summed E-state index contributed by atoms with van der Waals surface area (Å²) in [6.07, 6.45) is 2.02. The molecule has 0 radical (unpaired) electrons. The van der Waals surface area contributed by atoms with Gasteiger partial charge in [0.25, 0.3) is 0 Å². The molecule has 112 valence electrons. The van der Waals surface area contributed by atoms with Gasteiger partial charge < -0.3 is 10.1 Å². The number of hydrogen-bond acceptors (Lipinski definition) is 3. The number of rotatable bonds is 7. The van der Waals surface area contributed by atoms with E-state index in [0.29, 0.717) is 10.9 Å². The van der Waals surface area contributed by atoms with Crippen LogP contribution in [0.25, 0.3) is 0 Å². The van der Waals surface area contributed by atoms with Crippen LogP contribution in [0.15, 0.2) is 36.4 Å². The van der Waals surface area contributed by atoms with E-state index in [1.54, 1.807) is 0 Å². The molecule has 0 saturated heterocycles. The minimum Gasteiger partial charge on any atom is -0.439 e. The molecular formula is C17H21ClN2O. The van der Waals surface area contributed by atoms with Crippen molar-refractivity contribution < 1.29 is 4.74 Å². The maximum atomic E-state index is 5.88. The molecule has 4 heteroatoms. The van der Waals surface area contributed by atoms with Gasteiger partial charge >= 0.3 is 0 Å². The zero-order valence-electron chi connectivity index (χ0n) is 12.5. The van der Waals surface area contributed by atoms with Gasteiger partial charge in [-0.25, -0.2) is 4.98 Å². The Hall–Kier alpha value is -1.58. The quantitative estimate of drug-likeness (QED) is 0.812. The summed E-state index contributed by atoms with van der Waals surface area (Å²) in [6, 6.07) is 11.4. The number of hydrogen-bond donors (Lipinski definition) is 1. The molecule has 0 aliphatic carbocycles. The van der Waals surface area contributed by atoms with Crippen LogP contribution in [0.5, 0.6) is 11.6 Å². The summed E-state index contributed by atoms with van der Waals surface area (Å²) in [5.74, 6) is 1.38. The highest BCUT2D eigenvalue weighted by Crippen LogP contribution is 2.23. The number of ether oxygens (including phenoxy) is 1. The van der Waals surface area contributed by atoms with Crippen molar-refractivity contribution in [1.29, 1.82) is 0 Å². The van der Waals surface area contributed by atoms with Crippen molar-refractivity contribution in [3.63, 3.8) is 0 Å². The molecule has 1 aromatic heterocycles. The normalized spacial score (nSPS) is 10.6.